The van der Waals surface area contributed by atoms with E-state index in [9.17, 15) is 0 Å². The van der Waals surface area contributed by atoms with Crippen LogP contribution in [0.15, 0.2) is 137 Å². The minimum atomic E-state index is 0.189. The molecule has 0 N–H and O–H groups in total. The number of hydrogen-bond acceptors (Lipinski definition) is 1. The highest BCUT2D eigenvalue weighted by Gasteiger charge is 2.16. The van der Waals surface area contributed by atoms with Gasteiger partial charge in [-0.3, -0.25) is 4.98 Å². The van der Waals surface area contributed by atoms with E-state index in [1.54, 1.807) is 0 Å². The lowest BCUT2D eigenvalue weighted by Gasteiger charge is -2.18. The molecule has 3 aromatic rings. The maximum Gasteiger partial charge on any atom is 0.0481 e. The van der Waals surface area contributed by atoms with Crippen LogP contribution in [0.1, 0.15) is 103 Å². The van der Waals surface area contributed by atoms with E-state index >= 15 is 0 Å². The molecule has 0 fully saturated rings. The summed E-state index contributed by atoms with van der Waals surface area (Å²) in [7, 11) is 0. The van der Waals surface area contributed by atoms with Crippen molar-refractivity contribution in [1.29, 1.82) is 0 Å². The Morgan fingerprint density at radius 3 is 2.00 bits per heavy atom. The van der Waals surface area contributed by atoms with Crippen LogP contribution in [-0.2, 0) is 0 Å². The minimum absolute atomic E-state index is 0.189. The highest BCUT2D eigenvalue weighted by atomic mass is 14.7. The molecule has 0 saturated heterocycles. The van der Waals surface area contributed by atoms with Crippen molar-refractivity contribution in [3.8, 4) is 0 Å². The molecule has 0 aliphatic carbocycles. The Morgan fingerprint density at radius 2 is 1.45 bits per heavy atom. The van der Waals surface area contributed by atoms with Crippen LogP contribution < -0.4 is 0 Å². The van der Waals surface area contributed by atoms with E-state index in [4.69, 9.17) is 4.98 Å². The van der Waals surface area contributed by atoms with Crippen LogP contribution in [0.5, 0.6) is 0 Å². The van der Waals surface area contributed by atoms with E-state index in [2.05, 4.69) is 147 Å². The monoisotopic (exact) mass is 555 g/mol. The van der Waals surface area contributed by atoms with E-state index in [0.717, 1.165) is 25.0 Å². The van der Waals surface area contributed by atoms with E-state index in [0.29, 0.717) is 0 Å². The van der Waals surface area contributed by atoms with Gasteiger partial charge in [-0.15, -0.1) is 0 Å². The van der Waals surface area contributed by atoms with Crippen LogP contribution >= 0.6 is 0 Å². The van der Waals surface area contributed by atoms with Crippen molar-refractivity contribution in [2.24, 2.45) is 0 Å². The number of allylic oxidation sites excluding steroid dienone is 11. The van der Waals surface area contributed by atoms with Gasteiger partial charge in [-0.05, 0) is 124 Å². The second-order valence-corrected chi connectivity index (χ2v) is 11.6. The highest BCUT2D eigenvalue weighted by molar-refractivity contribution is 5.71. The molecular weight excluding hydrogens is 506 g/mol. The lowest BCUT2D eigenvalue weighted by molar-refractivity contribution is 0.794. The molecule has 2 aromatic carbocycles. The van der Waals surface area contributed by atoms with Crippen LogP contribution in [0.25, 0.3) is 11.1 Å². The summed E-state index contributed by atoms with van der Waals surface area (Å²) in [6, 6.07) is 25.9. The van der Waals surface area contributed by atoms with Gasteiger partial charge in [0.1, 0.15) is 0 Å². The number of pyridine rings is 1. The van der Waals surface area contributed by atoms with Gasteiger partial charge in [0.25, 0.3) is 0 Å². The van der Waals surface area contributed by atoms with Crippen LogP contribution in [0.4, 0.5) is 0 Å². The molecule has 1 heteroatoms. The Bertz CT molecular complexity index is 1440. The fourth-order valence-corrected chi connectivity index (χ4v) is 5.42. The summed E-state index contributed by atoms with van der Waals surface area (Å²) in [4.78, 5) is 4.76. The van der Waals surface area contributed by atoms with Crippen LogP contribution in [0, 0.1) is 0 Å². The third kappa shape index (κ3) is 8.76. The normalized spacial score (nSPS) is 13.0. The quantitative estimate of drug-likeness (QED) is 0.203. The van der Waals surface area contributed by atoms with E-state index < -0.39 is 0 Å². The molecule has 0 spiro atoms. The topological polar surface area (TPSA) is 12.9 Å². The van der Waals surface area contributed by atoms with Gasteiger partial charge in [0.2, 0.25) is 0 Å². The van der Waals surface area contributed by atoms with Gasteiger partial charge in [-0.2, -0.15) is 0 Å². The maximum absolute atomic E-state index is 4.76. The predicted octanol–water partition coefficient (Wildman–Crippen LogP) is 12.1. The average Bonchev–Trinajstić information content (AvgIpc) is 3.00. The molecule has 0 amide bonds. The Balaban J connectivity index is 2.06. The Labute approximate surface area is 255 Å². The Morgan fingerprint density at radius 1 is 0.810 bits per heavy atom. The van der Waals surface area contributed by atoms with Crippen LogP contribution in [0.3, 0.4) is 0 Å². The molecular formula is C41H49N. The fraction of sp³-hybridized carbons (Fsp3) is 0.293. The molecule has 1 unspecified atom stereocenters. The maximum atomic E-state index is 4.76. The highest BCUT2D eigenvalue weighted by Crippen LogP contribution is 2.33. The zero-order valence-corrected chi connectivity index (χ0v) is 27.1. The number of rotatable bonds is 12. The van der Waals surface area contributed by atoms with Gasteiger partial charge in [0.15, 0.2) is 0 Å². The van der Waals surface area contributed by atoms with Crippen molar-refractivity contribution in [1.82, 2.24) is 4.98 Å². The Hall–Kier alpha value is -3.97. The first-order valence-electron chi connectivity index (χ1n) is 15.2. The van der Waals surface area contributed by atoms with Gasteiger partial charge in [0, 0.05) is 17.8 Å². The molecule has 0 radical (unpaired) electrons. The minimum Gasteiger partial charge on any atom is -0.261 e. The first-order chi connectivity index (χ1) is 20.2. The molecule has 3 rings (SSSR count). The van der Waals surface area contributed by atoms with Gasteiger partial charge < -0.3 is 0 Å². The summed E-state index contributed by atoms with van der Waals surface area (Å²) in [6.07, 6.45) is 11.7. The van der Waals surface area contributed by atoms with Gasteiger partial charge >= 0.3 is 0 Å². The van der Waals surface area contributed by atoms with Gasteiger partial charge in [-0.25, -0.2) is 0 Å². The SMILES string of the molecule is C=C(CC)c1ccc(/C(=C/CC(c2ccccc2)c2ccccn2)C/C(C)=C\C(=C/C)C(=C(C)C)C(C)=C(C)C)cc1. The van der Waals surface area contributed by atoms with E-state index in [1.165, 1.54) is 61.3 Å². The molecule has 0 saturated carbocycles. The van der Waals surface area contributed by atoms with Crippen molar-refractivity contribution in [2.45, 2.75) is 80.6 Å². The molecule has 0 aliphatic heterocycles. The van der Waals surface area contributed by atoms with Gasteiger partial charge in [-0.1, -0.05) is 109 Å². The number of benzene rings is 2. The standard InChI is InChI=1S/C41H49N/c1-10-32(8)35-20-22-36(23-21-35)38(28-31(7)27-34(11-2)41(30(5)6)33(9)29(3)4)24-25-39(37-17-13-12-14-18-37)40-19-15-16-26-42-40/h11-24,26-27,39H,8,10,25,28H2,1-7,9H3/b31-27-,34-11+,38-24+. The zero-order chi connectivity index (χ0) is 30.6. The summed E-state index contributed by atoms with van der Waals surface area (Å²) in [5, 5.41) is 0. The van der Waals surface area contributed by atoms with Crippen molar-refractivity contribution in [2.75, 3.05) is 0 Å². The zero-order valence-electron chi connectivity index (χ0n) is 27.1. The van der Waals surface area contributed by atoms with E-state index in [-0.39, 0.29) is 5.92 Å². The summed E-state index contributed by atoms with van der Waals surface area (Å²) < 4.78 is 0. The molecule has 218 valence electrons. The second-order valence-electron chi connectivity index (χ2n) is 11.6. The largest absolute Gasteiger partial charge is 0.261 e. The molecule has 1 heterocycles. The summed E-state index contributed by atoms with van der Waals surface area (Å²) in [5.74, 6) is 0.189. The van der Waals surface area contributed by atoms with E-state index in [1.807, 2.05) is 12.3 Å². The van der Waals surface area contributed by atoms with Crippen molar-refractivity contribution in [3.05, 3.63) is 160 Å². The molecule has 1 aromatic heterocycles. The molecule has 1 nitrogen and oxygen atoms in total. The third-order valence-corrected chi connectivity index (χ3v) is 8.03. The fourth-order valence-electron chi connectivity index (χ4n) is 5.42. The molecule has 1 atom stereocenters. The molecule has 0 bridgehead atoms. The van der Waals surface area contributed by atoms with Crippen molar-refractivity contribution >= 4 is 11.1 Å². The molecule has 0 aliphatic rings. The lowest BCUT2D eigenvalue weighted by atomic mass is 9.87. The Kier molecular flexibility index (Phi) is 12.3. The number of nitrogens with zero attached hydrogens (tertiary/aromatic N) is 1. The second kappa shape index (κ2) is 15.9. The number of aromatic nitrogens is 1. The first-order valence-corrected chi connectivity index (χ1v) is 15.2. The smallest absolute Gasteiger partial charge is 0.0481 e. The first kappa shape index (κ1) is 32.5. The molecule has 42 heavy (non-hydrogen) atoms. The van der Waals surface area contributed by atoms with Crippen molar-refractivity contribution in [3.63, 3.8) is 0 Å². The summed E-state index contributed by atoms with van der Waals surface area (Å²) in [6.45, 7) is 21.9. The predicted molar refractivity (Wildman–Crippen MR) is 185 cm³/mol. The van der Waals surface area contributed by atoms with Crippen molar-refractivity contribution < 1.29 is 0 Å². The van der Waals surface area contributed by atoms with Crippen LogP contribution in [0.2, 0.25) is 0 Å². The summed E-state index contributed by atoms with van der Waals surface area (Å²) >= 11 is 0. The average molecular weight is 556 g/mol. The third-order valence-electron chi connectivity index (χ3n) is 8.03. The lowest BCUT2D eigenvalue weighted by Crippen LogP contribution is -2.03. The number of hydrogen-bond donors (Lipinski definition) is 0. The summed E-state index contributed by atoms with van der Waals surface area (Å²) in [5.41, 5.74) is 15.4. The van der Waals surface area contributed by atoms with Gasteiger partial charge in [0.05, 0.1) is 0 Å². The van der Waals surface area contributed by atoms with Crippen LogP contribution in [-0.4, -0.2) is 4.98 Å².